The molecule has 8 atom stereocenters. The van der Waals surface area contributed by atoms with Crippen LogP contribution in [0.4, 0.5) is 0 Å². The summed E-state index contributed by atoms with van der Waals surface area (Å²) in [5.74, 6) is -3.15. The van der Waals surface area contributed by atoms with Gasteiger partial charge in [-0.05, 0) is 84.0 Å². The molecule has 0 spiro atoms. The van der Waals surface area contributed by atoms with E-state index in [1.807, 2.05) is 0 Å². The van der Waals surface area contributed by atoms with Crippen LogP contribution < -0.4 is 5.73 Å². The Labute approximate surface area is 291 Å². The molecule has 0 aromatic rings. The molecule has 0 aromatic heterocycles. The molecule has 276 valence electrons. The van der Waals surface area contributed by atoms with Crippen LogP contribution in [0.5, 0.6) is 0 Å². The number of rotatable bonds is 8. The first-order valence-electron chi connectivity index (χ1n) is 18.4. The van der Waals surface area contributed by atoms with Gasteiger partial charge in [0.15, 0.2) is 0 Å². The normalized spacial score (nSPS) is 31.1. The molecule has 0 radical (unpaired) electrons. The molecule has 0 bridgehead atoms. The number of nitrogens with zero attached hydrogens (tertiary/aromatic N) is 6. The van der Waals surface area contributed by atoms with Crippen molar-refractivity contribution in [2.45, 2.75) is 132 Å². The van der Waals surface area contributed by atoms with Gasteiger partial charge < -0.3 is 45.3 Å². The summed E-state index contributed by atoms with van der Waals surface area (Å²) in [6.45, 7) is 3.51. The van der Waals surface area contributed by atoms with Gasteiger partial charge in [0.1, 0.15) is 42.3 Å². The quantitative estimate of drug-likeness (QED) is 0.274. The molecule has 50 heavy (non-hydrogen) atoms. The van der Waals surface area contributed by atoms with Crippen molar-refractivity contribution in [3.05, 3.63) is 0 Å². The van der Waals surface area contributed by atoms with Crippen LogP contribution in [-0.2, 0) is 33.6 Å². The summed E-state index contributed by atoms with van der Waals surface area (Å²) < 4.78 is 0. The highest BCUT2D eigenvalue weighted by molar-refractivity contribution is 5.98. The minimum atomic E-state index is -1.15. The number of hydrogen-bond acceptors (Lipinski definition) is 9. The van der Waals surface area contributed by atoms with Gasteiger partial charge in [0.2, 0.25) is 35.4 Å². The molecule has 16 nitrogen and oxygen atoms in total. The van der Waals surface area contributed by atoms with Crippen molar-refractivity contribution in [1.82, 2.24) is 29.4 Å². The van der Waals surface area contributed by atoms with Crippen molar-refractivity contribution < 1.29 is 43.8 Å². The molecule has 6 rings (SSSR count). The molecule has 6 aliphatic heterocycles. The lowest BCUT2D eigenvalue weighted by Gasteiger charge is -2.37. The average Bonchev–Trinajstić information content (AvgIpc) is 3.96. The molecular weight excluding hydrogens is 650 g/mol. The number of carbonyl (C=O) groups excluding carboxylic acids is 6. The third-order valence-electron chi connectivity index (χ3n) is 11.7. The Hall–Kier alpha value is -3.79. The molecule has 0 saturated carbocycles. The monoisotopic (exact) mass is 701 g/mol. The van der Waals surface area contributed by atoms with E-state index in [2.05, 4.69) is 0 Å². The summed E-state index contributed by atoms with van der Waals surface area (Å²) in [5.41, 5.74) is 5.91. The number of aliphatic carboxylic acids is 1. The molecule has 6 saturated heterocycles. The highest BCUT2D eigenvalue weighted by atomic mass is 16.4. The van der Waals surface area contributed by atoms with Crippen LogP contribution in [0.1, 0.15) is 84.0 Å². The van der Waals surface area contributed by atoms with Crippen LogP contribution in [0.15, 0.2) is 0 Å². The molecular formula is C34H51N7O9. The molecule has 0 aromatic carbocycles. The van der Waals surface area contributed by atoms with Gasteiger partial charge in [0.05, 0.1) is 6.10 Å². The van der Waals surface area contributed by atoms with Gasteiger partial charge in [0, 0.05) is 39.3 Å². The van der Waals surface area contributed by atoms with E-state index in [-0.39, 0.29) is 29.5 Å². The molecule has 6 amide bonds. The molecule has 6 fully saturated rings. The lowest BCUT2D eigenvalue weighted by molar-refractivity contribution is -0.155. The second-order valence-electron chi connectivity index (χ2n) is 14.7. The number of aliphatic hydroxyl groups excluding tert-OH is 1. The number of carboxylic acids is 1. The second-order valence-corrected chi connectivity index (χ2v) is 14.7. The third-order valence-corrected chi connectivity index (χ3v) is 11.7. The van der Waals surface area contributed by atoms with Crippen LogP contribution in [0.3, 0.4) is 0 Å². The van der Waals surface area contributed by atoms with E-state index in [0.29, 0.717) is 116 Å². The van der Waals surface area contributed by atoms with E-state index in [9.17, 15) is 43.8 Å². The number of aliphatic hydroxyl groups is 1. The average molecular weight is 702 g/mol. The first-order chi connectivity index (χ1) is 23.9. The number of carboxylic acid groups (broad SMARTS) is 1. The number of carbonyl (C=O) groups is 7. The zero-order valence-electron chi connectivity index (χ0n) is 28.9. The Balaban J connectivity index is 1.12. The van der Waals surface area contributed by atoms with Crippen molar-refractivity contribution in [2.75, 3.05) is 39.3 Å². The minimum absolute atomic E-state index is 0.310. The smallest absolute Gasteiger partial charge is 0.326 e. The Morgan fingerprint density at radius 2 is 0.720 bits per heavy atom. The van der Waals surface area contributed by atoms with E-state index in [4.69, 9.17) is 5.73 Å². The summed E-state index contributed by atoms with van der Waals surface area (Å²) in [4.78, 5) is 103. The predicted octanol–water partition coefficient (Wildman–Crippen LogP) is -1.27. The van der Waals surface area contributed by atoms with Crippen LogP contribution >= 0.6 is 0 Å². The van der Waals surface area contributed by atoms with Crippen molar-refractivity contribution in [1.29, 1.82) is 0 Å². The number of likely N-dealkylation sites (tertiary alicyclic amines) is 6. The minimum Gasteiger partial charge on any atom is -0.480 e. The van der Waals surface area contributed by atoms with Crippen LogP contribution in [-0.4, -0.2) is 169 Å². The molecule has 6 heterocycles. The maximum absolute atomic E-state index is 14.2. The first kappa shape index (κ1) is 36.0. The van der Waals surface area contributed by atoms with E-state index < -0.39 is 60.3 Å². The van der Waals surface area contributed by atoms with Gasteiger partial charge in [-0.15, -0.1) is 0 Å². The topological polar surface area (TPSA) is 205 Å². The fourth-order valence-electron chi connectivity index (χ4n) is 9.08. The lowest BCUT2D eigenvalue weighted by atomic mass is 10.1. The van der Waals surface area contributed by atoms with Crippen molar-refractivity contribution in [3.63, 3.8) is 0 Å². The van der Waals surface area contributed by atoms with E-state index in [1.165, 1.54) is 26.5 Å². The van der Waals surface area contributed by atoms with Gasteiger partial charge in [0.25, 0.3) is 0 Å². The van der Waals surface area contributed by atoms with Crippen molar-refractivity contribution in [3.8, 4) is 0 Å². The lowest BCUT2D eigenvalue weighted by Crippen LogP contribution is -2.59. The number of hydrogen-bond donors (Lipinski definition) is 3. The van der Waals surface area contributed by atoms with Gasteiger partial charge >= 0.3 is 5.97 Å². The highest BCUT2D eigenvalue weighted by Gasteiger charge is 2.50. The molecule has 0 unspecified atom stereocenters. The van der Waals surface area contributed by atoms with Gasteiger partial charge in [-0.2, -0.15) is 0 Å². The zero-order chi connectivity index (χ0) is 35.9. The van der Waals surface area contributed by atoms with E-state index >= 15 is 0 Å². The Bertz CT molecular complexity index is 1390. The summed E-state index contributed by atoms with van der Waals surface area (Å²) >= 11 is 0. The standard InChI is InChI=1S/C34H51N7O9/c1-20(42)27(35)33(48)40-18-6-12-25(40)31(46)38-16-4-10-23(38)29(44)36-14-2-8-21(36)28(43)37-15-3-9-22(37)30(45)39-17-5-11-24(39)32(47)41-19-7-13-26(41)34(49)50/h20-27,42H,2-19,35H2,1H3,(H,49,50)/t20-,21+,22+,23+,24+,25+,26+,27+/m1/s1. The SMILES string of the molecule is C[C@@H](O)[C@H](N)C(=O)N1CCC[C@H]1C(=O)N1CCC[C@H]1C(=O)N1CCC[C@H]1C(=O)N1CCC[C@H]1C(=O)N1CCC[C@H]1C(=O)N1CCC[C@H]1C(=O)O. The zero-order valence-corrected chi connectivity index (χ0v) is 28.9. The maximum atomic E-state index is 14.2. The fraction of sp³-hybridized carbons (Fsp3) is 0.794. The maximum Gasteiger partial charge on any atom is 0.326 e. The summed E-state index contributed by atoms with van der Waals surface area (Å²) in [5, 5.41) is 19.5. The van der Waals surface area contributed by atoms with Crippen LogP contribution in [0.25, 0.3) is 0 Å². The van der Waals surface area contributed by atoms with E-state index in [1.54, 1.807) is 9.80 Å². The summed E-state index contributed by atoms with van der Waals surface area (Å²) in [6, 6.07) is -5.90. The Morgan fingerprint density at radius 3 is 1.00 bits per heavy atom. The molecule has 4 N–H and O–H groups in total. The Kier molecular flexibility index (Phi) is 10.7. The highest BCUT2D eigenvalue weighted by Crippen LogP contribution is 2.32. The number of amides is 6. The van der Waals surface area contributed by atoms with E-state index in [0.717, 1.165) is 0 Å². The van der Waals surface area contributed by atoms with Crippen molar-refractivity contribution >= 4 is 41.4 Å². The van der Waals surface area contributed by atoms with Gasteiger partial charge in [-0.1, -0.05) is 0 Å². The summed E-state index contributed by atoms with van der Waals surface area (Å²) in [6.07, 6.45) is 5.09. The largest absolute Gasteiger partial charge is 0.480 e. The number of nitrogens with two attached hydrogens (primary N) is 1. The molecule has 16 heteroatoms. The molecule has 6 aliphatic rings. The first-order valence-corrected chi connectivity index (χ1v) is 18.4. The van der Waals surface area contributed by atoms with Crippen LogP contribution in [0.2, 0.25) is 0 Å². The predicted molar refractivity (Wildman–Crippen MR) is 176 cm³/mol. The summed E-state index contributed by atoms with van der Waals surface area (Å²) in [7, 11) is 0. The Morgan fingerprint density at radius 1 is 0.480 bits per heavy atom. The van der Waals surface area contributed by atoms with Gasteiger partial charge in [-0.3, -0.25) is 28.8 Å². The third kappa shape index (κ3) is 6.56. The van der Waals surface area contributed by atoms with Gasteiger partial charge in [-0.25, -0.2) is 4.79 Å². The second kappa shape index (κ2) is 14.8. The van der Waals surface area contributed by atoms with Crippen LogP contribution in [0, 0.1) is 0 Å². The molecule has 0 aliphatic carbocycles. The van der Waals surface area contributed by atoms with Crippen molar-refractivity contribution in [2.24, 2.45) is 5.73 Å². The fourth-order valence-corrected chi connectivity index (χ4v) is 9.08.